The number of alkyl halides is 1. The van der Waals surface area contributed by atoms with Gasteiger partial charge in [-0.2, -0.15) is 0 Å². The topological polar surface area (TPSA) is 46.3 Å². The molecule has 0 fully saturated rings. The number of carbonyl (C=O) groups is 1. The lowest BCUT2D eigenvalue weighted by atomic mass is 10.4. The quantitative estimate of drug-likeness (QED) is 0.530. The third-order valence-electron chi connectivity index (χ3n) is 1.25. The van der Waals surface area contributed by atoms with Gasteiger partial charge in [0.05, 0.1) is 0 Å². The predicted molar refractivity (Wildman–Crippen MR) is 53.3 cm³/mol. The fourth-order valence-electron chi connectivity index (χ4n) is 0.594. The van der Waals surface area contributed by atoms with Gasteiger partial charge in [0.1, 0.15) is 0 Å². The van der Waals surface area contributed by atoms with Crippen LogP contribution in [0.4, 0.5) is 0 Å². The largest absolute Gasteiger partial charge is 0.342 e. The Hall–Kier alpha value is -0.540. The van der Waals surface area contributed by atoms with Crippen LogP contribution in [0.3, 0.4) is 0 Å². The molecule has 4 heteroatoms. The minimum absolute atomic E-state index is 0.0477. The van der Waals surface area contributed by atoms with Gasteiger partial charge in [-0.3, -0.25) is 4.79 Å². The van der Waals surface area contributed by atoms with Crippen molar-refractivity contribution in [1.82, 2.24) is 4.90 Å². The molecule has 0 heterocycles. The average molecular weight is 193 g/mol. The van der Waals surface area contributed by atoms with Gasteiger partial charge in [0.25, 0.3) is 0 Å². The maximum atomic E-state index is 10.8. The molecular formula is C8H17ClN2O. The van der Waals surface area contributed by atoms with Crippen LogP contribution in [0.25, 0.3) is 0 Å². The molecule has 0 atom stereocenters. The van der Waals surface area contributed by atoms with Gasteiger partial charge < -0.3 is 10.6 Å². The first kappa shape index (κ1) is 14.0. The van der Waals surface area contributed by atoms with Crippen molar-refractivity contribution in [3.63, 3.8) is 0 Å². The van der Waals surface area contributed by atoms with Crippen molar-refractivity contribution < 1.29 is 4.79 Å². The molecule has 0 aliphatic heterocycles. The second-order valence-electron chi connectivity index (χ2n) is 2.11. The minimum atomic E-state index is -0.0477. The molecule has 0 saturated heterocycles. The number of amides is 1. The maximum absolute atomic E-state index is 10.8. The summed E-state index contributed by atoms with van der Waals surface area (Å²) in [4.78, 5) is 12.4. The molecule has 0 bridgehead atoms. The van der Waals surface area contributed by atoms with Crippen LogP contribution in [-0.2, 0) is 4.79 Å². The Morgan fingerprint density at radius 2 is 2.17 bits per heavy atom. The van der Waals surface area contributed by atoms with Crippen molar-refractivity contribution in [2.45, 2.75) is 6.42 Å². The molecule has 0 radical (unpaired) electrons. The minimum Gasteiger partial charge on any atom is -0.342 e. The van der Waals surface area contributed by atoms with Crippen LogP contribution < -0.4 is 5.73 Å². The summed E-state index contributed by atoms with van der Waals surface area (Å²) in [5.41, 5.74) is 5.25. The van der Waals surface area contributed by atoms with Crippen molar-refractivity contribution in [2.24, 2.45) is 5.73 Å². The van der Waals surface area contributed by atoms with Gasteiger partial charge in [0.2, 0.25) is 5.91 Å². The third kappa shape index (κ3) is 7.57. The van der Waals surface area contributed by atoms with E-state index in [-0.39, 0.29) is 5.91 Å². The number of likely N-dealkylation sites (N-methyl/N-ethyl adjacent to an activating group) is 1. The summed E-state index contributed by atoms with van der Waals surface area (Å²) in [6, 6.07) is 0. The number of halogens is 1. The first-order chi connectivity index (χ1) is 5.72. The Balaban J connectivity index is 0. The predicted octanol–water partition coefficient (Wildman–Crippen LogP) is 0.835. The number of nitrogens with two attached hydrogens (primary N) is 1. The normalized spacial score (nSPS) is 8.00. The van der Waals surface area contributed by atoms with Crippen LogP contribution in [0.1, 0.15) is 6.42 Å². The highest BCUT2D eigenvalue weighted by molar-refractivity contribution is 6.15. The molecule has 0 unspecified atom stereocenters. The van der Waals surface area contributed by atoms with E-state index in [9.17, 15) is 4.79 Å². The second-order valence-corrected chi connectivity index (χ2v) is 2.11. The summed E-state index contributed by atoms with van der Waals surface area (Å²) in [5.74, 6) is -0.0477. The molecule has 0 rings (SSSR count). The molecule has 3 nitrogen and oxygen atoms in total. The summed E-state index contributed by atoms with van der Waals surface area (Å²) in [6.45, 7) is 4.70. The van der Waals surface area contributed by atoms with E-state index in [0.717, 1.165) is 6.42 Å². The van der Waals surface area contributed by atoms with Crippen molar-refractivity contribution in [3.05, 3.63) is 12.7 Å². The van der Waals surface area contributed by atoms with E-state index in [1.165, 1.54) is 12.5 Å². The maximum Gasteiger partial charge on any atom is 0.245 e. The highest BCUT2D eigenvalue weighted by Crippen LogP contribution is 1.86. The number of hydrogen-bond donors (Lipinski definition) is 1. The van der Waals surface area contributed by atoms with E-state index >= 15 is 0 Å². The Bertz CT molecular complexity index is 128. The van der Waals surface area contributed by atoms with E-state index in [1.54, 1.807) is 11.9 Å². The molecule has 0 aromatic rings. The van der Waals surface area contributed by atoms with Crippen LogP contribution in [0, 0.1) is 0 Å². The van der Waals surface area contributed by atoms with Gasteiger partial charge in [-0.05, 0) is 19.0 Å². The third-order valence-corrected chi connectivity index (χ3v) is 1.25. The van der Waals surface area contributed by atoms with Gasteiger partial charge in [-0.15, -0.1) is 11.6 Å². The summed E-state index contributed by atoms with van der Waals surface area (Å²) >= 11 is 4.64. The molecule has 0 aromatic carbocycles. The summed E-state index contributed by atoms with van der Waals surface area (Å²) in [6.07, 6.45) is 3.62. The van der Waals surface area contributed by atoms with Crippen molar-refractivity contribution in [1.29, 1.82) is 0 Å². The van der Waals surface area contributed by atoms with E-state index in [2.05, 4.69) is 18.2 Å². The van der Waals surface area contributed by atoms with E-state index in [0.29, 0.717) is 13.1 Å². The zero-order valence-corrected chi connectivity index (χ0v) is 8.47. The van der Waals surface area contributed by atoms with Gasteiger partial charge >= 0.3 is 0 Å². The zero-order chi connectivity index (χ0) is 9.98. The molecule has 0 saturated carbocycles. The number of carbonyl (C=O) groups excluding carboxylic acids is 1. The highest BCUT2D eigenvalue weighted by atomic mass is 35.5. The average Bonchev–Trinajstić information content (AvgIpc) is 2.16. The molecule has 1 amide bonds. The summed E-state index contributed by atoms with van der Waals surface area (Å²) < 4.78 is 0. The molecule has 0 aliphatic rings. The number of nitrogens with zero attached hydrogens (tertiary/aromatic N) is 1. The van der Waals surface area contributed by atoms with Crippen LogP contribution >= 0.6 is 11.6 Å². The standard InChI is InChI=1S/C7H14N2O.CH3Cl/c1-3-7(10)9(2)6-4-5-8;1-2/h3H,1,4-6,8H2,2H3;1H3. The molecule has 0 aromatic heterocycles. The monoisotopic (exact) mass is 192 g/mol. The SMILES string of the molecule is C=CC(=O)N(C)CCCN.CCl. The highest BCUT2D eigenvalue weighted by Gasteiger charge is 2.00. The summed E-state index contributed by atoms with van der Waals surface area (Å²) in [5, 5.41) is 0. The first-order valence-electron chi connectivity index (χ1n) is 3.67. The van der Waals surface area contributed by atoms with E-state index in [1.807, 2.05) is 0 Å². The molecule has 12 heavy (non-hydrogen) atoms. The van der Waals surface area contributed by atoms with Gasteiger partial charge in [0, 0.05) is 20.0 Å². The van der Waals surface area contributed by atoms with E-state index < -0.39 is 0 Å². The molecule has 72 valence electrons. The lowest BCUT2D eigenvalue weighted by molar-refractivity contribution is -0.124. The van der Waals surface area contributed by atoms with Crippen molar-refractivity contribution in [3.8, 4) is 0 Å². The van der Waals surface area contributed by atoms with Gasteiger partial charge in [0.15, 0.2) is 0 Å². The van der Waals surface area contributed by atoms with Crippen molar-refractivity contribution in [2.75, 3.05) is 26.5 Å². The van der Waals surface area contributed by atoms with Gasteiger partial charge in [-0.1, -0.05) is 6.58 Å². The Morgan fingerprint density at radius 1 is 1.67 bits per heavy atom. The first-order valence-corrected chi connectivity index (χ1v) is 4.43. The zero-order valence-electron chi connectivity index (χ0n) is 7.72. The Kier molecular flexibility index (Phi) is 12.2. The fourth-order valence-corrected chi connectivity index (χ4v) is 0.594. The van der Waals surface area contributed by atoms with Gasteiger partial charge in [-0.25, -0.2) is 0 Å². The van der Waals surface area contributed by atoms with Crippen molar-refractivity contribution >= 4 is 17.5 Å². The number of rotatable bonds is 4. The van der Waals surface area contributed by atoms with Crippen LogP contribution in [-0.4, -0.2) is 37.3 Å². The Morgan fingerprint density at radius 3 is 2.50 bits per heavy atom. The van der Waals surface area contributed by atoms with E-state index in [4.69, 9.17) is 5.73 Å². The fraction of sp³-hybridized carbons (Fsp3) is 0.625. The lowest BCUT2D eigenvalue weighted by Gasteiger charge is -2.13. The number of hydrogen-bond acceptors (Lipinski definition) is 2. The van der Waals surface area contributed by atoms with Crippen LogP contribution in [0.15, 0.2) is 12.7 Å². The molecule has 2 N–H and O–H groups in total. The van der Waals surface area contributed by atoms with Crippen LogP contribution in [0.5, 0.6) is 0 Å². The summed E-state index contributed by atoms with van der Waals surface area (Å²) in [7, 11) is 1.74. The van der Waals surface area contributed by atoms with Crippen LogP contribution in [0.2, 0.25) is 0 Å². The molecule has 0 spiro atoms. The lowest BCUT2D eigenvalue weighted by Crippen LogP contribution is -2.26. The smallest absolute Gasteiger partial charge is 0.245 e. The Labute approximate surface area is 79.2 Å². The second kappa shape index (κ2) is 10.5. The molecular weight excluding hydrogens is 176 g/mol. The molecule has 0 aliphatic carbocycles.